The second-order valence-electron chi connectivity index (χ2n) is 8.60. The van der Waals surface area contributed by atoms with Crippen LogP contribution in [0.25, 0.3) is 11.4 Å². The number of hydrogen-bond acceptors (Lipinski definition) is 6. The van der Waals surface area contributed by atoms with Crippen molar-refractivity contribution in [3.63, 3.8) is 0 Å². The molecule has 1 aliphatic heterocycles. The van der Waals surface area contributed by atoms with Gasteiger partial charge in [0, 0.05) is 24.3 Å². The molecule has 1 fully saturated rings. The number of hydrogen-bond donors (Lipinski definition) is 1. The summed E-state index contributed by atoms with van der Waals surface area (Å²) in [5.41, 5.74) is 4.81. The molecular formula is C24H28N4O4S. The Morgan fingerprint density at radius 1 is 0.970 bits per heavy atom. The van der Waals surface area contributed by atoms with E-state index in [0.29, 0.717) is 29.9 Å². The smallest absolute Gasteiger partial charge is 0.316 e. The van der Waals surface area contributed by atoms with Crippen molar-refractivity contribution in [2.45, 2.75) is 51.9 Å². The third kappa shape index (κ3) is 4.69. The van der Waals surface area contributed by atoms with Crippen LogP contribution in [0, 0.1) is 27.7 Å². The second kappa shape index (κ2) is 9.07. The van der Waals surface area contributed by atoms with Crippen LogP contribution in [0.15, 0.2) is 39.8 Å². The lowest BCUT2D eigenvalue weighted by Gasteiger charge is -2.26. The zero-order chi connectivity index (χ0) is 23.8. The summed E-state index contributed by atoms with van der Waals surface area (Å²) in [5.74, 6) is -0.546. The van der Waals surface area contributed by atoms with Crippen molar-refractivity contribution >= 4 is 21.6 Å². The molecule has 9 heteroatoms. The molecule has 4 rings (SSSR count). The van der Waals surface area contributed by atoms with Crippen molar-refractivity contribution in [2.75, 3.05) is 18.4 Å². The fourth-order valence-electron chi connectivity index (χ4n) is 4.24. The Morgan fingerprint density at radius 3 is 2.30 bits per heavy atom. The van der Waals surface area contributed by atoms with Crippen LogP contribution in [-0.2, 0) is 10.0 Å². The summed E-state index contributed by atoms with van der Waals surface area (Å²) >= 11 is 0. The summed E-state index contributed by atoms with van der Waals surface area (Å²) in [6.45, 7) is 8.66. The molecule has 1 N–H and O–H groups in total. The number of carbonyl (C=O) groups is 1. The average Bonchev–Trinajstić information content (AvgIpc) is 3.27. The van der Waals surface area contributed by atoms with Gasteiger partial charge >= 0.3 is 11.8 Å². The predicted molar refractivity (Wildman–Crippen MR) is 126 cm³/mol. The van der Waals surface area contributed by atoms with Crippen molar-refractivity contribution in [3.8, 4) is 11.4 Å². The number of nitrogens with one attached hydrogen (secondary N) is 1. The van der Waals surface area contributed by atoms with E-state index in [2.05, 4.69) is 15.5 Å². The number of aryl methyl sites for hydroxylation is 4. The summed E-state index contributed by atoms with van der Waals surface area (Å²) in [7, 11) is -3.62. The third-order valence-electron chi connectivity index (χ3n) is 5.92. The Labute approximate surface area is 194 Å². The Balaban J connectivity index is 1.60. The molecule has 2 aromatic carbocycles. The number of nitrogens with zero attached hydrogens (tertiary/aromatic N) is 3. The Kier molecular flexibility index (Phi) is 6.36. The van der Waals surface area contributed by atoms with Gasteiger partial charge in [-0.25, -0.2) is 8.42 Å². The zero-order valence-corrected chi connectivity index (χ0v) is 20.1. The van der Waals surface area contributed by atoms with Crippen LogP contribution >= 0.6 is 0 Å². The number of anilines is 1. The van der Waals surface area contributed by atoms with Crippen molar-refractivity contribution in [3.05, 3.63) is 58.5 Å². The first-order chi connectivity index (χ1) is 15.7. The highest BCUT2D eigenvalue weighted by Gasteiger charge is 2.28. The molecule has 0 atom stereocenters. The van der Waals surface area contributed by atoms with Gasteiger partial charge in [0.2, 0.25) is 15.8 Å². The number of aromatic nitrogens is 2. The van der Waals surface area contributed by atoms with E-state index in [1.54, 1.807) is 25.1 Å². The molecule has 0 unspecified atom stereocenters. The molecule has 1 saturated heterocycles. The van der Waals surface area contributed by atoms with Crippen molar-refractivity contribution in [1.82, 2.24) is 14.4 Å². The number of benzene rings is 2. The van der Waals surface area contributed by atoms with Crippen LogP contribution in [0.3, 0.4) is 0 Å². The van der Waals surface area contributed by atoms with Gasteiger partial charge in [-0.05, 0) is 63.3 Å². The first-order valence-corrected chi connectivity index (χ1v) is 12.4. The number of piperidine rings is 1. The molecule has 0 radical (unpaired) electrons. The Bertz CT molecular complexity index is 1280. The average molecular weight is 469 g/mol. The molecule has 1 amide bonds. The maximum atomic E-state index is 13.2. The topological polar surface area (TPSA) is 105 Å². The van der Waals surface area contributed by atoms with E-state index < -0.39 is 15.9 Å². The number of carbonyl (C=O) groups excluding carboxylic acids is 1. The van der Waals surface area contributed by atoms with Crippen LogP contribution in [0.4, 0.5) is 5.69 Å². The summed E-state index contributed by atoms with van der Waals surface area (Å²) < 4.78 is 33.1. The molecule has 2 heterocycles. The minimum atomic E-state index is -3.62. The van der Waals surface area contributed by atoms with Crippen molar-refractivity contribution in [1.29, 1.82) is 0 Å². The lowest BCUT2D eigenvalue weighted by atomic mass is 10.1. The van der Waals surface area contributed by atoms with Crippen LogP contribution in [0.1, 0.15) is 52.2 Å². The van der Waals surface area contributed by atoms with E-state index >= 15 is 0 Å². The van der Waals surface area contributed by atoms with Gasteiger partial charge in [-0.2, -0.15) is 9.29 Å². The minimum Gasteiger partial charge on any atom is -0.328 e. The highest BCUT2D eigenvalue weighted by Crippen LogP contribution is 2.28. The molecule has 174 valence electrons. The molecule has 33 heavy (non-hydrogen) atoms. The quantitative estimate of drug-likeness (QED) is 0.595. The first-order valence-electron chi connectivity index (χ1n) is 11.0. The van der Waals surface area contributed by atoms with Gasteiger partial charge < -0.3 is 9.84 Å². The monoisotopic (exact) mass is 468 g/mol. The zero-order valence-electron chi connectivity index (χ0n) is 19.3. The van der Waals surface area contributed by atoms with Gasteiger partial charge in [-0.1, -0.05) is 41.4 Å². The van der Waals surface area contributed by atoms with E-state index in [9.17, 15) is 13.2 Å². The number of rotatable bonds is 5. The van der Waals surface area contributed by atoms with Gasteiger partial charge in [0.1, 0.15) is 0 Å². The minimum absolute atomic E-state index is 0.160. The fraction of sp³-hybridized carbons (Fsp3) is 0.375. The fourth-order valence-corrected chi connectivity index (χ4v) is 6.01. The summed E-state index contributed by atoms with van der Waals surface area (Å²) in [5, 5.41) is 6.75. The maximum Gasteiger partial charge on any atom is 0.316 e. The molecule has 3 aromatic rings. The van der Waals surface area contributed by atoms with Crippen LogP contribution in [-0.4, -0.2) is 41.9 Å². The first kappa shape index (κ1) is 23.1. The normalized spacial score (nSPS) is 14.9. The molecule has 0 aliphatic carbocycles. The Hall–Kier alpha value is -3.04. The highest BCUT2D eigenvalue weighted by molar-refractivity contribution is 7.89. The van der Waals surface area contributed by atoms with Crippen molar-refractivity contribution in [2.24, 2.45) is 0 Å². The standard InChI is InChI=1S/C24H28N4O4S/c1-15-12-17(3)21(18(4)13-15)25-23(29)24-26-22(27-32-24)19-9-8-16(2)20(14-19)33(30,31)28-10-6-5-7-11-28/h8-9,12-14H,5-7,10-11H2,1-4H3,(H,25,29). The van der Waals surface area contributed by atoms with E-state index in [0.717, 1.165) is 36.0 Å². The second-order valence-corrected chi connectivity index (χ2v) is 10.5. The van der Waals surface area contributed by atoms with Crippen LogP contribution in [0.2, 0.25) is 0 Å². The molecule has 8 nitrogen and oxygen atoms in total. The maximum absolute atomic E-state index is 13.2. The lowest BCUT2D eigenvalue weighted by molar-refractivity contribution is 0.0981. The number of sulfonamides is 1. The highest BCUT2D eigenvalue weighted by atomic mass is 32.2. The molecule has 0 spiro atoms. The lowest BCUT2D eigenvalue weighted by Crippen LogP contribution is -2.35. The van der Waals surface area contributed by atoms with Crippen LogP contribution in [0.5, 0.6) is 0 Å². The Morgan fingerprint density at radius 2 is 1.64 bits per heavy atom. The summed E-state index contributed by atoms with van der Waals surface area (Å²) in [6.07, 6.45) is 2.77. The van der Waals surface area contributed by atoms with E-state index in [1.165, 1.54) is 4.31 Å². The molecule has 0 saturated carbocycles. The molecular weight excluding hydrogens is 440 g/mol. The van der Waals surface area contributed by atoms with E-state index in [1.807, 2.05) is 32.9 Å². The van der Waals surface area contributed by atoms with E-state index in [4.69, 9.17) is 4.52 Å². The van der Waals surface area contributed by atoms with Crippen LogP contribution < -0.4 is 5.32 Å². The van der Waals surface area contributed by atoms with Gasteiger partial charge in [-0.15, -0.1) is 0 Å². The molecule has 0 bridgehead atoms. The summed E-state index contributed by atoms with van der Waals surface area (Å²) in [6, 6.07) is 8.98. The van der Waals surface area contributed by atoms with Gasteiger partial charge in [0.25, 0.3) is 0 Å². The molecule has 1 aliphatic rings. The summed E-state index contributed by atoms with van der Waals surface area (Å²) in [4.78, 5) is 17.2. The van der Waals surface area contributed by atoms with Gasteiger partial charge in [-0.3, -0.25) is 4.79 Å². The van der Waals surface area contributed by atoms with E-state index in [-0.39, 0.29) is 16.6 Å². The predicted octanol–water partition coefficient (Wildman–Crippen LogP) is 4.40. The third-order valence-corrected chi connectivity index (χ3v) is 7.96. The van der Waals surface area contributed by atoms with Gasteiger partial charge in [0.15, 0.2) is 0 Å². The largest absolute Gasteiger partial charge is 0.328 e. The number of amides is 1. The van der Waals surface area contributed by atoms with Gasteiger partial charge in [0.05, 0.1) is 4.90 Å². The molecule has 1 aromatic heterocycles. The SMILES string of the molecule is Cc1cc(C)c(NC(=O)c2nc(-c3ccc(C)c(S(=O)(=O)N4CCCCC4)c3)no2)c(C)c1. The van der Waals surface area contributed by atoms with Crippen molar-refractivity contribution < 1.29 is 17.7 Å².